The van der Waals surface area contributed by atoms with E-state index in [0.717, 1.165) is 16.9 Å². The van der Waals surface area contributed by atoms with E-state index < -0.39 is 0 Å². The Balaban J connectivity index is 1.78. The number of rotatable bonds is 4. The minimum Gasteiger partial charge on any atom is -0.355 e. The number of aromatic amines is 1. The highest BCUT2D eigenvalue weighted by Gasteiger charge is 2.08. The first-order chi connectivity index (χ1) is 12.5. The van der Waals surface area contributed by atoms with Gasteiger partial charge in [0.15, 0.2) is 0 Å². The maximum absolute atomic E-state index is 11.9. The Kier molecular flexibility index (Phi) is 4.81. The standard InChI is InChI=1S/C20H19N5O/c1-13-14(2)23-19(24-20(13)26)17-8-9-18(22-11-17)25(3)12-16-6-4-15(10-21)5-7-16/h4-9,11H,12H2,1-3H3,(H,23,24,26). The predicted molar refractivity (Wildman–Crippen MR) is 101 cm³/mol. The molecule has 0 amide bonds. The number of benzene rings is 1. The molecular weight excluding hydrogens is 326 g/mol. The molecule has 2 heterocycles. The highest BCUT2D eigenvalue weighted by Crippen LogP contribution is 2.18. The molecule has 0 aliphatic rings. The zero-order chi connectivity index (χ0) is 18.7. The number of hydrogen-bond acceptors (Lipinski definition) is 5. The van der Waals surface area contributed by atoms with Crippen LogP contribution < -0.4 is 10.5 Å². The molecule has 1 N–H and O–H groups in total. The predicted octanol–water partition coefficient (Wildman–Crippen LogP) is 2.96. The maximum atomic E-state index is 11.9. The van der Waals surface area contributed by atoms with Crippen molar-refractivity contribution in [2.75, 3.05) is 11.9 Å². The highest BCUT2D eigenvalue weighted by atomic mass is 16.1. The molecule has 0 aliphatic heterocycles. The first kappa shape index (κ1) is 17.4. The Morgan fingerprint density at radius 3 is 2.46 bits per heavy atom. The van der Waals surface area contributed by atoms with Crippen LogP contribution in [0.2, 0.25) is 0 Å². The van der Waals surface area contributed by atoms with Crippen LogP contribution in [0.25, 0.3) is 11.4 Å². The lowest BCUT2D eigenvalue weighted by atomic mass is 10.1. The highest BCUT2D eigenvalue weighted by molar-refractivity contribution is 5.56. The molecule has 0 saturated carbocycles. The minimum absolute atomic E-state index is 0.130. The van der Waals surface area contributed by atoms with Gasteiger partial charge in [0.2, 0.25) is 0 Å². The Morgan fingerprint density at radius 1 is 1.15 bits per heavy atom. The molecule has 130 valence electrons. The third-order valence-corrected chi connectivity index (χ3v) is 4.31. The lowest BCUT2D eigenvalue weighted by Gasteiger charge is -2.18. The van der Waals surface area contributed by atoms with Gasteiger partial charge in [-0.15, -0.1) is 0 Å². The molecule has 3 rings (SSSR count). The summed E-state index contributed by atoms with van der Waals surface area (Å²) in [5.74, 6) is 1.33. The number of pyridine rings is 1. The largest absolute Gasteiger partial charge is 0.355 e. The zero-order valence-corrected chi connectivity index (χ0v) is 14.9. The number of anilines is 1. The van der Waals surface area contributed by atoms with E-state index in [-0.39, 0.29) is 5.56 Å². The molecule has 0 saturated heterocycles. The van der Waals surface area contributed by atoms with E-state index >= 15 is 0 Å². The monoisotopic (exact) mass is 345 g/mol. The van der Waals surface area contributed by atoms with Gasteiger partial charge in [-0.2, -0.15) is 5.26 Å². The summed E-state index contributed by atoms with van der Waals surface area (Å²) in [5.41, 5.74) is 3.72. The molecular formula is C20H19N5O. The van der Waals surface area contributed by atoms with Crippen LogP contribution in [0.1, 0.15) is 22.4 Å². The van der Waals surface area contributed by atoms with Crippen molar-refractivity contribution in [3.05, 3.63) is 75.3 Å². The smallest absolute Gasteiger partial charge is 0.254 e. The third kappa shape index (κ3) is 3.62. The van der Waals surface area contributed by atoms with Gasteiger partial charge < -0.3 is 9.88 Å². The topological polar surface area (TPSA) is 85.7 Å². The minimum atomic E-state index is -0.130. The fourth-order valence-electron chi connectivity index (χ4n) is 2.57. The molecule has 0 radical (unpaired) electrons. The molecule has 2 aromatic heterocycles. The molecule has 6 heteroatoms. The van der Waals surface area contributed by atoms with Crippen LogP contribution in [0.5, 0.6) is 0 Å². The summed E-state index contributed by atoms with van der Waals surface area (Å²) in [6, 6.07) is 13.4. The first-order valence-corrected chi connectivity index (χ1v) is 8.22. The van der Waals surface area contributed by atoms with Gasteiger partial charge in [0.25, 0.3) is 5.56 Å². The van der Waals surface area contributed by atoms with Crippen molar-refractivity contribution in [3.63, 3.8) is 0 Å². The van der Waals surface area contributed by atoms with Crippen LogP contribution in [0.3, 0.4) is 0 Å². The van der Waals surface area contributed by atoms with Crippen molar-refractivity contribution in [1.82, 2.24) is 15.0 Å². The molecule has 0 bridgehead atoms. The van der Waals surface area contributed by atoms with Crippen LogP contribution in [0.15, 0.2) is 47.4 Å². The van der Waals surface area contributed by atoms with Crippen LogP contribution in [0, 0.1) is 25.2 Å². The second-order valence-corrected chi connectivity index (χ2v) is 6.19. The molecule has 26 heavy (non-hydrogen) atoms. The first-order valence-electron chi connectivity index (χ1n) is 8.22. The van der Waals surface area contributed by atoms with Gasteiger partial charge in [-0.25, -0.2) is 9.97 Å². The van der Waals surface area contributed by atoms with E-state index in [0.29, 0.717) is 29.2 Å². The maximum Gasteiger partial charge on any atom is 0.254 e. The van der Waals surface area contributed by atoms with Crippen molar-refractivity contribution >= 4 is 5.82 Å². The van der Waals surface area contributed by atoms with Gasteiger partial charge in [0.05, 0.1) is 11.6 Å². The number of nitrogens with one attached hydrogen (secondary N) is 1. The van der Waals surface area contributed by atoms with Crippen molar-refractivity contribution in [2.24, 2.45) is 0 Å². The Morgan fingerprint density at radius 2 is 1.88 bits per heavy atom. The van der Waals surface area contributed by atoms with Crippen molar-refractivity contribution in [3.8, 4) is 17.5 Å². The third-order valence-electron chi connectivity index (χ3n) is 4.31. The number of nitrogens with zero attached hydrogens (tertiary/aromatic N) is 4. The molecule has 0 fully saturated rings. The van der Waals surface area contributed by atoms with Crippen molar-refractivity contribution in [1.29, 1.82) is 5.26 Å². The normalized spacial score (nSPS) is 10.4. The number of H-pyrrole nitrogens is 1. The van der Waals surface area contributed by atoms with Crippen molar-refractivity contribution in [2.45, 2.75) is 20.4 Å². The van der Waals surface area contributed by atoms with Crippen LogP contribution in [-0.2, 0) is 6.54 Å². The van der Waals surface area contributed by atoms with E-state index in [1.165, 1.54) is 0 Å². The molecule has 0 spiro atoms. The SMILES string of the molecule is Cc1nc(-c2ccc(N(C)Cc3ccc(C#N)cc3)nc2)[nH]c(=O)c1C. The van der Waals surface area contributed by atoms with Crippen LogP contribution in [0.4, 0.5) is 5.82 Å². The Labute approximate surface area is 151 Å². The lowest BCUT2D eigenvalue weighted by Crippen LogP contribution is -2.17. The van der Waals surface area contributed by atoms with E-state index in [2.05, 4.69) is 21.0 Å². The molecule has 0 unspecified atom stereocenters. The average molecular weight is 345 g/mol. The van der Waals surface area contributed by atoms with Gasteiger partial charge in [0, 0.05) is 36.6 Å². The van der Waals surface area contributed by atoms with Gasteiger partial charge in [-0.3, -0.25) is 4.79 Å². The van der Waals surface area contributed by atoms with Crippen LogP contribution in [-0.4, -0.2) is 22.0 Å². The van der Waals surface area contributed by atoms with Gasteiger partial charge in [-0.1, -0.05) is 12.1 Å². The molecule has 0 aliphatic carbocycles. The number of aryl methyl sites for hydroxylation is 1. The molecule has 1 aromatic carbocycles. The number of aromatic nitrogens is 3. The number of nitriles is 1. The van der Waals surface area contributed by atoms with Crippen LogP contribution >= 0.6 is 0 Å². The van der Waals surface area contributed by atoms with E-state index in [9.17, 15) is 4.79 Å². The van der Waals surface area contributed by atoms with E-state index in [1.54, 1.807) is 25.3 Å². The second-order valence-electron chi connectivity index (χ2n) is 6.19. The summed E-state index contributed by atoms with van der Waals surface area (Å²) < 4.78 is 0. The number of hydrogen-bond donors (Lipinski definition) is 1. The van der Waals surface area contributed by atoms with E-state index in [4.69, 9.17) is 5.26 Å². The quantitative estimate of drug-likeness (QED) is 0.786. The average Bonchev–Trinajstić information content (AvgIpc) is 2.66. The molecule has 3 aromatic rings. The Bertz CT molecular complexity index is 1010. The zero-order valence-electron chi connectivity index (χ0n) is 14.9. The van der Waals surface area contributed by atoms with Gasteiger partial charge >= 0.3 is 0 Å². The summed E-state index contributed by atoms with van der Waals surface area (Å²) in [6.07, 6.45) is 1.71. The van der Waals surface area contributed by atoms with Crippen molar-refractivity contribution < 1.29 is 0 Å². The second kappa shape index (κ2) is 7.19. The summed E-state index contributed by atoms with van der Waals surface area (Å²) in [6.45, 7) is 4.25. The summed E-state index contributed by atoms with van der Waals surface area (Å²) >= 11 is 0. The van der Waals surface area contributed by atoms with Gasteiger partial charge in [-0.05, 0) is 43.7 Å². The summed E-state index contributed by atoms with van der Waals surface area (Å²) in [5, 5.41) is 8.86. The van der Waals surface area contributed by atoms with Gasteiger partial charge in [0.1, 0.15) is 11.6 Å². The van der Waals surface area contributed by atoms with E-state index in [1.807, 2.05) is 43.1 Å². The molecule has 0 atom stereocenters. The molecule has 6 nitrogen and oxygen atoms in total. The fourth-order valence-corrected chi connectivity index (χ4v) is 2.57. The summed E-state index contributed by atoms with van der Waals surface area (Å²) in [4.78, 5) is 25.6. The Hall–Kier alpha value is -3.46. The fraction of sp³-hybridized carbons (Fsp3) is 0.200. The lowest BCUT2D eigenvalue weighted by molar-refractivity contribution is 0.897. The summed E-state index contributed by atoms with van der Waals surface area (Å²) in [7, 11) is 1.95.